The molecule has 0 radical (unpaired) electrons. The van der Waals surface area contributed by atoms with E-state index in [1.807, 2.05) is 6.07 Å². The molecule has 2 atom stereocenters. The Bertz CT molecular complexity index is 771. The van der Waals surface area contributed by atoms with Gasteiger partial charge in [-0.3, -0.25) is 19.6 Å². The van der Waals surface area contributed by atoms with Crippen LogP contribution in [0.5, 0.6) is 0 Å². The van der Waals surface area contributed by atoms with Crippen molar-refractivity contribution in [2.75, 3.05) is 0 Å². The molecule has 2 rings (SSSR count). The zero-order valence-electron chi connectivity index (χ0n) is 13.5. The van der Waals surface area contributed by atoms with Gasteiger partial charge >= 0.3 is 0 Å². The van der Waals surface area contributed by atoms with Gasteiger partial charge in [-0.2, -0.15) is 0 Å². The zero-order valence-corrected chi connectivity index (χ0v) is 13.5. The molecule has 0 aliphatic heterocycles. The van der Waals surface area contributed by atoms with E-state index < -0.39 is 24.0 Å². The first-order chi connectivity index (χ1) is 12.0. The first-order valence-corrected chi connectivity index (χ1v) is 7.55. The number of rotatable bonds is 6. The molecule has 0 bridgehead atoms. The van der Waals surface area contributed by atoms with E-state index in [-0.39, 0.29) is 5.56 Å². The number of carbonyl (C=O) groups is 3. The van der Waals surface area contributed by atoms with Crippen molar-refractivity contribution in [2.24, 2.45) is 0 Å². The van der Waals surface area contributed by atoms with Gasteiger partial charge in [0.25, 0.3) is 11.8 Å². The van der Waals surface area contributed by atoms with Gasteiger partial charge in [0.2, 0.25) is 0 Å². The molecule has 2 aromatic rings. The van der Waals surface area contributed by atoms with E-state index in [9.17, 15) is 19.5 Å². The molecule has 0 aliphatic carbocycles. The highest BCUT2D eigenvalue weighted by molar-refractivity contribution is 5.98. The van der Waals surface area contributed by atoms with Gasteiger partial charge in [-0.1, -0.05) is 36.4 Å². The number of aliphatic hydroxyl groups excluding tert-OH is 1. The average molecular weight is 342 g/mol. The lowest BCUT2D eigenvalue weighted by Crippen LogP contribution is -2.51. The maximum atomic E-state index is 12.2. The van der Waals surface area contributed by atoms with Crippen LogP contribution in [0, 0.1) is 0 Å². The van der Waals surface area contributed by atoms with Crippen LogP contribution in [0.1, 0.15) is 27.6 Å². The minimum absolute atomic E-state index is 0.267. The standard InChI is InChI=1S/C18H18N2O5/c1-11(22)16(18(24)20-25)19-17(23)13-8-6-12(7-9-13)15-5-3-2-4-14(15)10-21/h2-11,16,22,25H,1H3,(H,19,23)(H,20,24)/t11-,16+/m1/s1. The summed E-state index contributed by atoms with van der Waals surface area (Å²) < 4.78 is 0. The maximum Gasteiger partial charge on any atom is 0.268 e. The molecule has 0 heterocycles. The highest BCUT2D eigenvalue weighted by Gasteiger charge is 2.25. The van der Waals surface area contributed by atoms with Crippen molar-refractivity contribution in [3.05, 3.63) is 59.7 Å². The van der Waals surface area contributed by atoms with Crippen molar-refractivity contribution in [3.8, 4) is 11.1 Å². The normalized spacial score (nSPS) is 12.8. The van der Waals surface area contributed by atoms with E-state index in [4.69, 9.17) is 5.21 Å². The van der Waals surface area contributed by atoms with E-state index in [1.165, 1.54) is 12.4 Å². The second-order valence-electron chi connectivity index (χ2n) is 5.45. The van der Waals surface area contributed by atoms with Crippen molar-refractivity contribution >= 4 is 18.1 Å². The third-order valence-corrected chi connectivity index (χ3v) is 3.71. The molecular formula is C18H18N2O5. The van der Waals surface area contributed by atoms with Crippen molar-refractivity contribution in [3.63, 3.8) is 0 Å². The molecule has 7 nitrogen and oxygen atoms in total. The minimum atomic E-state index is -1.28. The van der Waals surface area contributed by atoms with Crippen molar-refractivity contribution in [1.82, 2.24) is 10.8 Å². The van der Waals surface area contributed by atoms with Crippen molar-refractivity contribution < 1.29 is 24.7 Å². The van der Waals surface area contributed by atoms with Crippen LogP contribution in [0.3, 0.4) is 0 Å². The van der Waals surface area contributed by atoms with E-state index in [0.29, 0.717) is 5.56 Å². The average Bonchev–Trinajstić information content (AvgIpc) is 2.65. The largest absolute Gasteiger partial charge is 0.391 e. The van der Waals surface area contributed by atoms with Crippen LogP contribution in [0.25, 0.3) is 11.1 Å². The van der Waals surface area contributed by atoms with Gasteiger partial charge in [-0.15, -0.1) is 0 Å². The van der Waals surface area contributed by atoms with Gasteiger partial charge in [-0.05, 0) is 30.2 Å². The summed E-state index contributed by atoms with van der Waals surface area (Å²) in [7, 11) is 0. The summed E-state index contributed by atoms with van der Waals surface area (Å²) in [6.45, 7) is 1.32. The number of benzene rings is 2. The summed E-state index contributed by atoms with van der Waals surface area (Å²) in [5.74, 6) is -1.50. The predicted molar refractivity (Wildman–Crippen MR) is 90.1 cm³/mol. The highest BCUT2D eigenvalue weighted by Crippen LogP contribution is 2.23. The Morgan fingerprint density at radius 3 is 2.28 bits per heavy atom. The van der Waals surface area contributed by atoms with Gasteiger partial charge < -0.3 is 10.4 Å². The molecule has 2 aromatic carbocycles. The SMILES string of the molecule is C[C@@H](O)[C@H](NC(=O)c1ccc(-c2ccccc2C=O)cc1)C(=O)NO. The number of aliphatic hydroxyl groups is 1. The first kappa shape index (κ1) is 18.3. The smallest absolute Gasteiger partial charge is 0.268 e. The van der Waals surface area contributed by atoms with Crippen LogP contribution < -0.4 is 10.8 Å². The lowest BCUT2D eigenvalue weighted by molar-refractivity contribution is -0.133. The molecule has 130 valence electrons. The summed E-state index contributed by atoms with van der Waals surface area (Å²) in [6.07, 6.45) is -0.425. The fourth-order valence-corrected chi connectivity index (χ4v) is 2.36. The van der Waals surface area contributed by atoms with E-state index in [0.717, 1.165) is 17.4 Å². The second-order valence-corrected chi connectivity index (χ2v) is 5.45. The summed E-state index contributed by atoms with van der Waals surface area (Å²) >= 11 is 0. The summed E-state index contributed by atoms with van der Waals surface area (Å²) in [5.41, 5.74) is 3.71. The minimum Gasteiger partial charge on any atom is -0.391 e. The van der Waals surface area contributed by atoms with E-state index >= 15 is 0 Å². The van der Waals surface area contributed by atoms with Crippen molar-refractivity contribution in [1.29, 1.82) is 0 Å². The molecular weight excluding hydrogens is 324 g/mol. The van der Waals surface area contributed by atoms with Gasteiger partial charge in [0.05, 0.1) is 6.10 Å². The molecule has 0 saturated carbocycles. The van der Waals surface area contributed by atoms with Gasteiger partial charge in [0.1, 0.15) is 6.04 Å². The Hall–Kier alpha value is -3.03. The highest BCUT2D eigenvalue weighted by atomic mass is 16.5. The van der Waals surface area contributed by atoms with Crippen molar-refractivity contribution in [2.45, 2.75) is 19.1 Å². The molecule has 2 amide bonds. The summed E-state index contributed by atoms with van der Waals surface area (Å²) in [6, 6.07) is 12.2. The van der Waals surface area contributed by atoms with Crippen LogP contribution in [0.2, 0.25) is 0 Å². The Balaban J connectivity index is 2.20. The van der Waals surface area contributed by atoms with Crippen LogP contribution in [-0.4, -0.2) is 40.6 Å². The molecule has 0 aliphatic rings. The fourth-order valence-electron chi connectivity index (χ4n) is 2.36. The molecule has 0 fully saturated rings. The van der Waals surface area contributed by atoms with Gasteiger partial charge in [0, 0.05) is 11.1 Å². The third kappa shape index (κ3) is 4.28. The number of nitrogens with one attached hydrogen (secondary N) is 2. The Morgan fingerprint density at radius 1 is 1.08 bits per heavy atom. The first-order valence-electron chi connectivity index (χ1n) is 7.55. The Labute approximate surface area is 144 Å². The number of amides is 2. The zero-order chi connectivity index (χ0) is 18.4. The number of hydrogen-bond acceptors (Lipinski definition) is 5. The maximum absolute atomic E-state index is 12.2. The van der Waals surface area contributed by atoms with Crippen LogP contribution in [-0.2, 0) is 4.79 Å². The molecule has 0 unspecified atom stereocenters. The molecule has 7 heteroatoms. The van der Waals surface area contributed by atoms with Crippen LogP contribution >= 0.6 is 0 Å². The predicted octanol–water partition coefficient (Wildman–Crippen LogP) is 1.15. The van der Waals surface area contributed by atoms with Crippen LogP contribution in [0.4, 0.5) is 0 Å². The molecule has 4 N–H and O–H groups in total. The lowest BCUT2D eigenvalue weighted by Gasteiger charge is -2.19. The fraction of sp³-hybridized carbons (Fsp3) is 0.167. The number of carbonyl (C=O) groups excluding carboxylic acids is 3. The quantitative estimate of drug-likeness (QED) is 0.357. The molecule has 0 aromatic heterocycles. The number of aldehydes is 1. The Morgan fingerprint density at radius 2 is 1.72 bits per heavy atom. The number of hydrogen-bond donors (Lipinski definition) is 4. The summed E-state index contributed by atoms with van der Waals surface area (Å²) in [5, 5.41) is 20.5. The summed E-state index contributed by atoms with van der Waals surface area (Å²) in [4.78, 5) is 34.8. The third-order valence-electron chi connectivity index (χ3n) is 3.71. The molecule has 0 saturated heterocycles. The second kappa shape index (κ2) is 8.18. The van der Waals surface area contributed by atoms with Gasteiger partial charge in [-0.25, -0.2) is 5.48 Å². The monoisotopic (exact) mass is 342 g/mol. The number of hydroxylamine groups is 1. The van der Waals surface area contributed by atoms with Gasteiger partial charge in [0.15, 0.2) is 6.29 Å². The van der Waals surface area contributed by atoms with E-state index in [2.05, 4.69) is 5.32 Å². The molecule has 0 spiro atoms. The Kier molecular flexibility index (Phi) is 5.99. The lowest BCUT2D eigenvalue weighted by atomic mass is 9.99. The van der Waals surface area contributed by atoms with E-state index in [1.54, 1.807) is 42.5 Å². The topological polar surface area (TPSA) is 116 Å². The molecule has 25 heavy (non-hydrogen) atoms. The van der Waals surface area contributed by atoms with Crippen LogP contribution in [0.15, 0.2) is 48.5 Å².